The van der Waals surface area contributed by atoms with Crippen LogP contribution in [0.4, 0.5) is 4.79 Å². The van der Waals surface area contributed by atoms with Crippen molar-refractivity contribution < 1.29 is 9.53 Å². The van der Waals surface area contributed by atoms with Gasteiger partial charge in [0, 0.05) is 25.5 Å². The van der Waals surface area contributed by atoms with E-state index in [1.165, 1.54) is 16.7 Å². The van der Waals surface area contributed by atoms with Crippen LogP contribution in [-0.4, -0.2) is 44.0 Å². The zero-order valence-electron chi connectivity index (χ0n) is 10.9. The van der Waals surface area contributed by atoms with Gasteiger partial charge in [-0.3, -0.25) is 14.5 Å². The summed E-state index contributed by atoms with van der Waals surface area (Å²) in [6.07, 6.45) is 2.78. The van der Waals surface area contributed by atoms with Crippen molar-refractivity contribution in [1.29, 1.82) is 0 Å². The number of hydrogen-bond acceptors (Lipinski definition) is 5. The van der Waals surface area contributed by atoms with E-state index in [-0.39, 0.29) is 12.2 Å². The number of amides is 1. The number of fused-ring (bicyclic) bond motifs is 1. The van der Waals surface area contributed by atoms with Crippen LogP contribution in [0.3, 0.4) is 0 Å². The van der Waals surface area contributed by atoms with Crippen LogP contribution < -0.4 is 5.69 Å². The van der Waals surface area contributed by atoms with Crippen LogP contribution >= 0.6 is 0 Å². The van der Waals surface area contributed by atoms with Gasteiger partial charge in [0.2, 0.25) is 0 Å². The molecule has 104 valence electrons. The topological polar surface area (TPSA) is 82.2 Å². The number of carbonyl (C=O) groups is 1. The summed E-state index contributed by atoms with van der Waals surface area (Å²) in [5.41, 5.74) is 0.437. The molecule has 0 aliphatic carbocycles. The van der Waals surface area contributed by atoms with Crippen molar-refractivity contribution in [3.05, 3.63) is 40.8 Å². The molecule has 3 rings (SSSR count). The Bertz CT molecular complexity index is 691. The number of hydrogen-bond donors (Lipinski definition) is 0. The Morgan fingerprint density at radius 1 is 1.30 bits per heavy atom. The van der Waals surface area contributed by atoms with Gasteiger partial charge in [-0.2, -0.15) is 4.68 Å². The number of pyridine rings is 1. The standard InChI is InChI=1S/C12H13N5O3/c1-20-12(19)15-6-7-16-10(8-15)14-17(11(16)18)9-2-4-13-5-3-9/h2-5H,6-8H2,1H3. The van der Waals surface area contributed by atoms with Crippen LogP contribution in [-0.2, 0) is 17.8 Å². The predicted molar refractivity (Wildman–Crippen MR) is 68.4 cm³/mol. The molecule has 3 heterocycles. The van der Waals surface area contributed by atoms with Crippen LogP contribution in [0.25, 0.3) is 5.69 Å². The molecular formula is C12H13N5O3. The number of ether oxygens (including phenoxy) is 1. The molecule has 8 heteroatoms. The van der Waals surface area contributed by atoms with Gasteiger partial charge in [-0.15, -0.1) is 5.10 Å². The summed E-state index contributed by atoms with van der Waals surface area (Å²) >= 11 is 0. The van der Waals surface area contributed by atoms with Crippen molar-refractivity contribution in [2.45, 2.75) is 13.1 Å². The van der Waals surface area contributed by atoms with Crippen LogP contribution in [0.1, 0.15) is 5.82 Å². The van der Waals surface area contributed by atoms with Gasteiger partial charge in [0.25, 0.3) is 0 Å². The minimum absolute atomic E-state index is 0.212. The Kier molecular flexibility index (Phi) is 2.97. The number of aromatic nitrogens is 4. The second-order valence-corrected chi connectivity index (χ2v) is 4.36. The first kappa shape index (κ1) is 12.4. The monoisotopic (exact) mass is 275 g/mol. The van der Waals surface area contributed by atoms with Crippen molar-refractivity contribution >= 4 is 6.09 Å². The van der Waals surface area contributed by atoms with Crippen molar-refractivity contribution in [3.63, 3.8) is 0 Å². The number of nitrogens with zero attached hydrogens (tertiary/aromatic N) is 5. The quantitative estimate of drug-likeness (QED) is 0.732. The second kappa shape index (κ2) is 4.80. The van der Waals surface area contributed by atoms with E-state index in [1.54, 1.807) is 29.1 Å². The highest BCUT2D eigenvalue weighted by molar-refractivity contribution is 5.67. The van der Waals surface area contributed by atoms with E-state index >= 15 is 0 Å². The Balaban J connectivity index is 1.98. The van der Waals surface area contributed by atoms with E-state index in [0.29, 0.717) is 24.6 Å². The van der Waals surface area contributed by atoms with Gasteiger partial charge in [-0.25, -0.2) is 9.59 Å². The third kappa shape index (κ3) is 1.94. The smallest absolute Gasteiger partial charge is 0.409 e. The molecule has 0 fully saturated rings. The number of rotatable bonds is 1. The van der Waals surface area contributed by atoms with Gasteiger partial charge in [-0.1, -0.05) is 0 Å². The molecule has 1 amide bonds. The Morgan fingerprint density at radius 2 is 2.05 bits per heavy atom. The van der Waals surface area contributed by atoms with Crippen molar-refractivity contribution in [3.8, 4) is 5.69 Å². The lowest BCUT2D eigenvalue weighted by atomic mass is 10.4. The lowest BCUT2D eigenvalue weighted by Crippen LogP contribution is -2.40. The molecule has 0 spiro atoms. The first-order valence-corrected chi connectivity index (χ1v) is 6.12. The van der Waals surface area contributed by atoms with E-state index in [1.807, 2.05) is 0 Å². The maximum absolute atomic E-state index is 12.3. The molecule has 0 radical (unpaired) electrons. The predicted octanol–water partition coefficient (Wildman–Crippen LogP) is 0.0110. The molecule has 1 aliphatic heterocycles. The van der Waals surface area contributed by atoms with Crippen molar-refractivity contribution in [1.82, 2.24) is 24.2 Å². The molecule has 1 aliphatic rings. The molecule has 0 saturated carbocycles. The van der Waals surface area contributed by atoms with Crippen molar-refractivity contribution in [2.24, 2.45) is 0 Å². The lowest BCUT2D eigenvalue weighted by molar-refractivity contribution is 0.111. The Morgan fingerprint density at radius 3 is 2.75 bits per heavy atom. The van der Waals surface area contributed by atoms with Crippen LogP contribution in [0, 0.1) is 0 Å². The van der Waals surface area contributed by atoms with Gasteiger partial charge < -0.3 is 4.74 Å². The zero-order valence-corrected chi connectivity index (χ0v) is 10.9. The molecule has 2 aromatic rings. The Hall–Kier alpha value is -2.64. The van der Waals surface area contributed by atoms with Crippen molar-refractivity contribution in [2.75, 3.05) is 13.7 Å². The molecule has 0 N–H and O–H groups in total. The minimum atomic E-state index is -0.415. The van der Waals surface area contributed by atoms with E-state index in [9.17, 15) is 9.59 Å². The number of carbonyl (C=O) groups excluding carboxylic acids is 1. The van der Waals surface area contributed by atoms with E-state index in [2.05, 4.69) is 14.8 Å². The lowest BCUT2D eigenvalue weighted by Gasteiger charge is -2.24. The van der Waals surface area contributed by atoms with E-state index < -0.39 is 6.09 Å². The zero-order chi connectivity index (χ0) is 14.1. The van der Waals surface area contributed by atoms with Crippen LogP contribution in [0.2, 0.25) is 0 Å². The molecular weight excluding hydrogens is 262 g/mol. The van der Waals surface area contributed by atoms with Gasteiger partial charge in [0.15, 0.2) is 5.82 Å². The maximum atomic E-state index is 12.3. The molecule has 0 saturated heterocycles. The molecule has 0 bridgehead atoms. The van der Waals surface area contributed by atoms with Crippen LogP contribution in [0.5, 0.6) is 0 Å². The van der Waals surface area contributed by atoms with Gasteiger partial charge in [-0.05, 0) is 12.1 Å². The molecule has 0 aromatic carbocycles. The van der Waals surface area contributed by atoms with Gasteiger partial charge in [0.05, 0.1) is 19.3 Å². The van der Waals surface area contributed by atoms with Gasteiger partial charge >= 0.3 is 11.8 Å². The number of methoxy groups -OCH3 is 1. The summed E-state index contributed by atoms with van der Waals surface area (Å²) in [6, 6.07) is 3.41. The molecule has 8 nitrogen and oxygen atoms in total. The third-order valence-corrected chi connectivity index (χ3v) is 3.21. The maximum Gasteiger partial charge on any atom is 0.409 e. The average Bonchev–Trinajstić information content (AvgIpc) is 2.84. The summed E-state index contributed by atoms with van der Waals surface area (Å²) < 4.78 is 7.57. The summed E-state index contributed by atoms with van der Waals surface area (Å²) in [5.74, 6) is 0.545. The largest absolute Gasteiger partial charge is 0.453 e. The van der Waals surface area contributed by atoms with E-state index in [0.717, 1.165) is 0 Å². The molecule has 0 atom stereocenters. The average molecular weight is 275 g/mol. The fourth-order valence-corrected chi connectivity index (χ4v) is 2.19. The first-order valence-electron chi connectivity index (χ1n) is 6.12. The summed E-state index contributed by atoms with van der Waals surface area (Å²) in [7, 11) is 1.33. The summed E-state index contributed by atoms with van der Waals surface area (Å²) in [6.45, 7) is 1.11. The molecule has 0 unspecified atom stereocenters. The fraction of sp³-hybridized carbons (Fsp3) is 0.333. The highest BCUT2D eigenvalue weighted by Gasteiger charge is 2.25. The normalized spacial score (nSPS) is 13.9. The minimum Gasteiger partial charge on any atom is -0.453 e. The highest BCUT2D eigenvalue weighted by Crippen LogP contribution is 2.10. The van der Waals surface area contributed by atoms with Gasteiger partial charge in [0.1, 0.15) is 0 Å². The second-order valence-electron chi connectivity index (χ2n) is 4.36. The SMILES string of the molecule is COC(=O)N1CCn2c(nn(-c3ccncc3)c2=O)C1. The Labute approximate surface area is 114 Å². The van der Waals surface area contributed by atoms with Crippen LogP contribution in [0.15, 0.2) is 29.3 Å². The summed E-state index contributed by atoms with van der Waals surface area (Å²) in [5, 5.41) is 4.28. The highest BCUT2D eigenvalue weighted by atomic mass is 16.5. The van der Waals surface area contributed by atoms with E-state index in [4.69, 9.17) is 0 Å². The fourth-order valence-electron chi connectivity index (χ4n) is 2.19. The summed E-state index contributed by atoms with van der Waals surface area (Å²) in [4.78, 5) is 29.2. The third-order valence-electron chi connectivity index (χ3n) is 3.21. The molecule has 20 heavy (non-hydrogen) atoms. The molecule has 2 aromatic heterocycles. The first-order chi connectivity index (χ1) is 9.70.